The number of rotatable bonds is 10. The Hall–Kier alpha value is -4.78. The van der Waals surface area contributed by atoms with Gasteiger partial charge in [0, 0.05) is 37.6 Å². The Morgan fingerprint density at radius 3 is 2.41 bits per heavy atom. The number of nitro groups is 1. The van der Waals surface area contributed by atoms with E-state index in [4.69, 9.17) is 14.2 Å². The van der Waals surface area contributed by atoms with Crippen LogP contribution in [0.3, 0.4) is 0 Å². The number of alkyl halides is 3. The second-order valence-electron chi connectivity index (χ2n) is 10.7. The number of nitrogens with zero attached hydrogens (tertiary/aromatic N) is 4. The summed E-state index contributed by atoms with van der Waals surface area (Å²) >= 11 is 0. The van der Waals surface area contributed by atoms with Gasteiger partial charge in [0.25, 0.3) is 0 Å². The summed E-state index contributed by atoms with van der Waals surface area (Å²) in [5.74, 6) is 0.949. The minimum Gasteiger partial charge on any atom is -0.490 e. The number of benzene rings is 3. The Morgan fingerprint density at radius 2 is 1.66 bits per heavy atom. The number of halogens is 3. The first-order valence-electron chi connectivity index (χ1n) is 14.1. The van der Waals surface area contributed by atoms with Crippen molar-refractivity contribution >= 4 is 5.82 Å². The maximum atomic E-state index is 12.3. The molecule has 2 aliphatic heterocycles. The van der Waals surface area contributed by atoms with Crippen molar-refractivity contribution in [3.63, 3.8) is 0 Å². The van der Waals surface area contributed by atoms with Crippen molar-refractivity contribution in [2.45, 2.75) is 51.5 Å². The molecule has 44 heavy (non-hydrogen) atoms. The lowest BCUT2D eigenvalue weighted by atomic mass is 9.99. The third-order valence-corrected chi connectivity index (χ3v) is 7.48. The van der Waals surface area contributed by atoms with Gasteiger partial charge in [-0.25, -0.2) is 0 Å². The highest BCUT2D eigenvalue weighted by Crippen LogP contribution is 2.28. The number of hydrogen-bond acceptors (Lipinski definition) is 8. The first kappa shape index (κ1) is 29.3. The summed E-state index contributed by atoms with van der Waals surface area (Å²) in [6, 6.07) is 19.8. The fourth-order valence-corrected chi connectivity index (χ4v) is 5.24. The van der Waals surface area contributed by atoms with Crippen LogP contribution in [0.1, 0.15) is 28.7 Å². The van der Waals surface area contributed by atoms with Gasteiger partial charge in [0.05, 0.1) is 0 Å². The fourth-order valence-electron chi connectivity index (χ4n) is 5.24. The van der Waals surface area contributed by atoms with Gasteiger partial charge < -0.3 is 29.1 Å². The van der Waals surface area contributed by atoms with E-state index in [2.05, 4.69) is 26.8 Å². The normalized spacial score (nSPS) is 16.4. The molecule has 0 radical (unpaired) electrons. The van der Waals surface area contributed by atoms with Crippen LogP contribution in [0.2, 0.25) is 0 Å². The molecule has 0 amide bonds. The highest BCUT2D eigenvalue weighted by Gasteiger charge is 2.31. The molecule has 1 unspecified atom stereocenters. The Kier molecular flexibility index (Phi) is 8.29. The van der Waals surface area contributed by atoms with Crippen LogP contribution in [0, 0.1) is 10.1 Å². The second kappa shape index (κ2) is 12.4. The van der Waals surface area contributed by atoms with E-state index in [1.807, 2.05) is 30.3 Å². The van der Waals surface area contributed by atoms with Crippen molar-refractivity contribution in [1.29, 1.82) is 0 Å². The molecule has 0 fully saturated rings. The van der Waals surface area contributed by atoms with Crippen LogP contribution in [-0.2, 0) is 32.7 Å². The molecule has 3 heterocycles. The van der Waals surface area contributed by atoms with Crippen LogP contribution in [0.15, 0.2) is 72.9 Å². The molecule has 0 aliphatic carbocycles. The van der Waals surface area contributed by atoms with Crippen molar-refractivity contribution < 1.29 is 37.0 Å². The van der Waals surface area contributed by atoms with E-state index in [-0.39, 0.29) is 30.3 Å². The summed E-state index contributed by atoms with van der Waals surface area (Å²) < 4.78 is 60.1. The summed E-state index contributed by atoms with van der Waals surface area (Å²) in [5, 5.41) is 11.0. The molecule has 0 N–H and O–H groups in total. The Morgan fingerprint density at radius 1 is 0.932 bits per heavy atom. The zero-order valence-electron chi connectivity index (χ0n) is 23.5. The summed E-state index contributed by atoms with van der Waals surface area (Å²) in [5.41, 5.74) is 4.37. The summed E-state index contributed by atoms with van der Waals surface area (Å²) in [4.78, 5) is 16.7. The van der Waals surface area contributed by atoms with Gasteiger partial charge in [-0.05, 0) is 70.0 Å². The van der Waals surface area contributed by atoms with Gasteiger partial charge in [-0.1, -0.05) is 30.3 Å². The van der Waals surface area contributed by atoms with E-state index in [9.17, 15) is 23.3 Å². The predicted octanol–water partition coefficient (Wildman–Crippen LogP) is 6.06. The third-order valence-electron chi connectivity index (χ3n) is 7.48. The molecule has 6 rings (SSSR count). The molecule has 0 saturated carbocycles. The summed E-state index contributed by atoms with van der Waals surface area (Å²) in [6.45, 7) is 3.64. The highest BCUT2D eigenvalue weighted by atomic mass is 19.4. The van der Waals surface area contributed by atoms with E-state index in [1.54, 1.807) is 4.57 Å². The fraction of sp³-hybridized carbons (Fsp3) is 0.323. The standard InChI is InChI=1S/C31H29F3N4O6/c32-31(33,34)44-26-8-3-22(4-9-26)19-41-25-6-1-21(2-7-25)16-36-13-11-23-15-27(10-5-24(23)17-36)42-20-28-12-14-37-18-29(38(39)40)35-30(37)43-28/h1-10,15,18,28H,11-14,16-17,19-20H2. The average Bonchev–Trinajstić information content (AvgIpc) is 3.44. The van der Waals surface area contributed by atoms with Crippen LogP contribution in [0.4, 0.5) is 19.0 Å². The van der Waals surface area contributed by atoms with Gasteiger partial charge in [-0.3, -0.25) is 9.47 Å². The SMILES string of the molecule is O=[N+]([O-])c1cn2c(n1)OC(COc1ccc3c(c1)CCN(Cc1ccc(OCc4ccc(OC(F)(F)F)cc4)cc1)C3)CC2. The topological polar surface area (TPSA) is 101 Å². The van der Waals surface area contributed by atoms with Crippen molar-refractivity contribution in [3.8, 4) is 23.3 Å². The van der Waals surface area contributed by atoms with E-state index < -0.39 is 11.3 Å². The molecule has 13 heteroatoms. The summed E-state index contributed by atoms with van der Waals surface area (Å²) in [6.07, 6.45) is -2.00. The van der Waals surface area contributed by atoms with Gasteiger partial charge in [0.2, 0.25) is 0 Å². The number of hydrogen-bond donors (Lipinski definition) is 0. The van der Waals surface area contributed by atoms with Gasteiger partial charge in [0.1, 0.15) is 42.8 Å². The van der Waals surface area contributed by atoms with Crippen LogP contribution in [0.5, 0.6) is 23.3 Å². The predicted molar refractivity (Wildman–Crippen MR) is 152 cm³/mol. The first-order chi connectivity index (χ1) is 21.2. The van der Waals surface area contributed by atoms with E-state index >= 15 is 0 Å². The molecular weight excluding hydrogens is 581 g/mol. The number of aryl methyl sites for hydroxylation is 1. The number of ether oxygens (including phenoxy) is 4. The smallest absolute Gasteiger partial charge is 0.490 e. The monoisotopic (exact) mass is 610 g/mol. The molecule has 2 aliphatic rings. The van der Waals surface area contributed by atoms with Gasteiger partial charge in [-0.15, -0.1) is 13.2 Å². The minimum absolute atomic E-state index is 0.222. The molecule has 230 valence electrons. The zero-order chi connectivity index (χ0) is 30.7. The Balaban J connectivity index is 0.957. The second-order valence-corrected chi connectivity index (χ2v) is 10.7. The van der Waals surface area contributed by atoms with Crippen LogP contribution >= 0.6 is 0 Å². The molecule has 0 spiro atoms. The average molecular weight is 611 g/mol. The molecule has 3 aromatic carbocycles. The lowest BCUT2D eigenvalue weighted by Gasteiger charge is -2.29. The van der Waals surface area contributed by atoms with Gasteiger partial charge in [-0.2, -0.15) is 0 Å². The zero-order valence-corrected chi connectivity index (χ0v) is 23.5. The molecule has 0 bridgehead atoms. The molecular formula is C31H29F3N4O6. The summed E-state index contributed by atoms with van der Waals surface area (Å²) in [7, 11) is 0. The van der Waals surface area contributed by atoms with Crippen LogP contribution in [0.25, 0.3) is 0 Å². The van der Waals surface area contributed by atoms with Crippen molar-refractivity contribution in [2.24, 2.45) is 0 Å². The van der Waals surface area contributed by atoms with E-state index in [1.165, 1.54) is 41.6 Å². The van der Waals surface area contributed by atoms with Gasteiger partial charge >= 0.3 is 18.2 Å². The number of fused-ring (bicyclic) bond motifs is 2. The van der Waals surface area contributed by atoms with E-state index in [0.717, 1.165) is 42.9 Å². The van der Waals surface area contributed by atoms with Crippen LogP contribution < -0.4 is 18.9 Å². The maximum absolute atomic E-state index is 12.3. The Labute approximate surface area is 250 Å². The van der Waals surface area contributed by atoms with Crippen molar-refractivity contribution in [3.05, 3.63) is 105 Å². The quantitative estimate of drug-likeness (QED) is 0.158. The number of imidazole rings is 1. The highest BCUT2D eigenvalue weighted by molar-refractivity contribution is 5.37. The first-order valence-corrected chi connectivity index (χ1v) is 14.1. The number of aromatic nitrogens is 2. The third kappa shape index (κ3) is 7.40. The molecule has 4 aromatic rings. The van der Waals surface area contributed by atoms with E-state index in [0.29, 0.717) is 25.3 Å². The lowest BCUT2D eigenvalue weighted by Crippen LogP contribution is -2.31. The molecule has 1 aromatic heterocycles. The molecule has 0 saturated heterocycles. The molecule has 1 atom stereocenters. The van der Waals surface area contributed by atoms with Crippen molar-refractivity contribution in [1.82, 2.24) is 14.5 Å². The largest absolute Gasteiger partial charge is 0.573 e. The van der Waals surface area contributed by atoms with Gasteiger partial charge in [0.15, 0.2) is 0 Å². The van der Waals surface area contributed by atoms with Crippen molar-refractivity contribution in [2.75, 3.05) is 13.2 Å². The minimum atomic E-state index is -4.72. The maximum Gasteiger partial charge on any atom is 0.573 e. The lowest BCUT2D eigenvalue weighted by molar-refractivity contribution is -0.389. The Bertz CT molecular complexity index is 1610. The molecule has 10 nitrogen and oxygen atoms in total. The van der Waals surface area contributed by atoms with Crippen LogP contribution in [-0.4, -0.2) is 45.0 Å².